The standard InChI is InChI=1S/C20H19Cl3N4OS2/c1-11-5-4-6-12(9-11)16(28)25-18(20(21,22)23)27-19(29)26-17-14(10-24)13-7-2-3-8-15(13)30-17/h4-6,9,18H,2-3,7-8H2,1H3,(H,25,28)(H2,26,27,29)/t18-/m0/s1. The van der Waals surface area contributed by atoms with E-state index in [9.17, 15) is 10.1 Å². The van der Waals surface area contributed by atoms with Gasteiger partial charge >= 0.3 is 0 Å². The van der Waals surface area contributed by atoms with Crippen LogP contribution >= 0.6 is 58.4 Å². The van der Waals surface area contributed by atoms with Crippen molar-refractivity contribution in [1.82, 2.24) is 10.6 Å². The van der Waals surface area contributed by atoms with E-state index in [1.165, 1.54) is 16.2 Å². The van der Waals surface area contributed by atoms with Crippen molar-refractivity contribution < 1.29 is 4.79 Å². The smallest absolute Gasteiger partial charge is 0.252 e. The number of thiocarbonyl (C=S) groups is 1. The maximum atomic E-state index is 12.6. The minimum absolute atomic E-state index is 0.144. The van der Waals surface area contributed by atoms with Gasteiger partial charge in [0.25, 0.3) is 5.91 Å². The van der Waals surface area contributed by atoms with Crippen LogP contribution in [0.4, 0.5) is 5.00 Å². The van der Waals surface area contributed by atoms with Crippen molar-refractivity contribution in [3.05, 3.63) is 51.4 Å². The highest BCUT2D eigenvalue weighted by atomic mass is 35.6. The van der Waals surface area contributed by atoms with E-state index in [1.807, 2.05) is 13.0 Å². The van der Waals surface area contributed by atoms with E-state index in [2.05, 4.69) is 22.0 Å². The second-order valence-corrected chi connectivity index (χ2v) is 10.8. The monoisotopic (exact) mass is 500 g/mol. The summed E-state index contributed by atoms with van der Waals surface area (Å²) in [6.45, 7) is 1.88. The number of anilines is 1. The van der Waals surface area contributed by atoms with Crippen molar-refractivity contribution in [1.29, 1.82) is 5.26 Å². The molecule has 30 heavy (non-hydrogen) atoms. The number of nitrogens with one attached hydrogen (secondary N) is 3. The van der Waals surface area contributed by atoms with E-state index >= 15 is 0 Å². The predicted octanol–water partition coefficient (Wildman–Crippen LogP) is 5.22. The van der Waals surface area contributed by atoms with Crippen LogP contribution in [0.2, 0.25) is 0 Å². The predicted molar refractivity (Wildman–Crippen MR) is 128 cm³/mol. The second-order valence-electron chi connectivity index (χ2n) is 6.94. The molecule has 0 saturated heterocycles. The number of benzene rings is 1. The average Bonchev–Trinajstić information content (AvgIpc) is 3.03. The number of nitrogens with zero attached hydrogens (tertiary/aromatic N) is 1. The van der Waals surface area contributed by atoms with Crippen molar-refractivity contribution >= 4 is 74.4 Å². The zero-order valence-corrected chi connectivity index (χ0v) is 19.9. The van der Waals surface area contributed by atoms with Gasteiger partial charge in [0.1, 0.15) is 17.2 Å². The third-order valence-corrected chi connectivity index (χ3v) is 6.75. The Kier molecular flexibility index (Phi) is 7.48. The topological polar surface area (TPSA) is 77.0 Å². The summed E-state index contributed by atoms with van der Waals surface area (Å²) in [4.78, 5) is 13.8. The lowest BCUT2D eigenvalue weighted by molar-refractivity contribution is 0.0934. The van der Waals surface area contributed by atoms with E-state index < -0.39 is 15.9 Å². The molecule has 0 fully saturated rings. The van der Waals surface area contributed by atoms with Crippen molar-refractivity contribution in [2.75, 3.05) is 5.32 Å². The SMILES string of the molecule is Cc1cccc(C(=O)N[C@@H](NC(=S)Nc2sc3c(c2C#N)CCCC3)C(Cl)(Cl)Cl)c1. The van der Waals surface area contributed by atoms with Gasteiger partial charge in [0, 0.05) is 10.4 Å². The van der Waals surface area contributed by atoms with Crippen LogP contribution in [0.3, 0.4) is 0 Å². The molecule has 0 unspecified atom stereocenters. The molecule has 0 aliphatic heterocycles. The summed E-state index contributed by atoms with van der Waals surface area (Å²) in [6.07, 6.45) is 2.94. The van der Waals surface area contributed by atoms with Crippen LogP contribution in [-0.4, -0.2) is 21.0 Å². The third-order valence-electron chi connectivity index (χ3n) is 4.67. The lowest BCUT2D eigenvalue weighted by Gasteiger charge is -2.27. The van der Waals surface area contributed by atoms with Crippen LogP contribution < -0.4 is 16.0 Å². The fourth-order valence-electron chi connectivity index (χ4n) is 3.24. The minimum atomic E-state index is -1.86. The Morgan fingerprint density at radius 2 is 2.00 bits per heavy atom. The number of carbonyl (C=O) groups excluding carboxylic acids is 1. The maximum Gasteiger partial charge on any atom is 0.252 e. The first-order valence-corrected chi connectivity index (χ1v) is 11.6. The molecule has 1 aromatic carbocycles. The molecule has 1 aliphatic carbocycles. The van der Waals surface area contributed by atoms with Crippen molar-refractivity contribution in [3.8, 4) is 6.07 Å². The lowest BCUT2D eigenvalue weighted by Crippen LogP contribution is -2.56. The summed E-state index contributed by atoms with van der Waals surface area (Å²) in [7, 11) is 0. The quantitative estimate of drug-likeness (QED) is 0.304. The minimum Gasteiger partial charge on any atom is -0.339 e. The first kappa shape index (κ1) is 23.1. The van der Waals surface area contributed by atoms with E-state index in [4.69, 9.17) is 47.0 Å². The lowest BCUT2D eigenvalue weighted by atomic mass is 9.96. The van der Waals surface area contributed by atoms with Crippen molar-refractivity contribution in [2.45, 2.75) is 42.6 Å². The molecule has 3 rings (SSSR count). The average molecular weight is 502 g/mol. The van der Waals surface area contributed by atoms with Gasteiger partial charge in [-0.1, -0.05) is 52.5 Å². The molecule has 0 radical (unpaired) electrons. The number of carbonyl (C=O) groups is 1. The number of rotatable bonds is 4. The van der Waals surface area contributed by atoms with E-state index in [1.54, 1.807) is 18.2 Å². The molecule has 3 N–H and O–H groups in total. The van der Waals surface area contributed by atoms with Crippen LogP contribution in [-0.2, 0) is 12.8 Å². The van der Waals surface area contributed by atoms with Crippen molar-refractivity contribution in [3.63, 3.8) is 0 Å². The van der Waals surface area contributed by atoms with E-state index in [-0.39, 0.29) is 5.11 Å². The molecular weight excluding hydrogens is 483 g/mol. The maximum absolute atomic E-state index is 12.6. The number of thiophene rings is 1. The Labute approximate surface area is 199 Å². The van der Waals surface area contributed by atoms with Crippen molar-refractivity contribution in [2.24, 2.45) is 0 Å². The number of aryl methyl sites for hydroxylation is 2. The van der Waals surface area contributed by atoms with Gasteiger partial charge in [-0.15, -0.1) is 11.3 Å². The largest absolute Gasteiger partial charge is 0.339 e. The molecule has 5 nitrogen and oxygen atoms in total. The molecule has 2 aromatic rings. The molecule has 10 heteroatoms. The summed E-state index contributed by atoms with van der Waals surface area (Å²) < 4.78 is -1.86. The molecule has 0 saturated carbocycles. The van der Waals surface area contributed by atoms with Gasteiger partial charge < -0.3 is 16.0 Å². The van der Waals surface area contributed by atoms with E-state index in [0.717, 1.165) is 36.8 Å². The highest BCUT2D eigenvalue weighted by Crippen LogP contribution is 2.37. The fraction of sp³-hybridized carbons (Fsp3) is 0.350. The Morgan fingerprint density at radius 1 is 1.27 bits per heavy atom. The number of hydrogen-bond donors (Lipinski definition) is 3. The molecule has 0 spiro atoms. The van der Waals surface area contributed by atoms with Gasteiger partial charge in [0.05, 0.1) is 5.56 Å². The molecule has 1 heterocycles. The van der Waals surface area contributed by atoms with Gasteiger partial charge in [-0.05, 0) is 62.5 Å². The first-order valence-electron chi connectivity index (χ1n) is 9.25. The van der Waals surface area contributed by atoms with E-state index in [0.29, 0.717) is 16.1 Å². The Bertz CT molecular complexity index is 1010. The summed E-state index contributed by atoms with van der Waals surface area (Å²) in [5.74, 6) is -0.408. The zero-order valence-electron chi connectivity index (χ0n) is 16.0. The molecule has 1 amide bonds. The number of halogens is 3. The molecule has 1 aliphatic rings. The molecular formula is C20H19Cl3N4OS2. The number of amides is 1. The van der Waals surface area contributed by atoms with Crippen LogP contribution in [0.25, 0.3) is 0 Å². The third kappa shape index (κ3) is 5.57. The van der Waals surface area contributed by atoms with Crippen LogP contribution in [0.5, 0.6) is 0 Å². The Hall–Kier alpha value is -1.56. The van der Waals surface area contributed by atoms with Gasteiger partial charge in [-0.25, -0.2) is 0 Å². The number of hydrogen-bond acceptors (Lipinski definition) is 4. The van der Waals surface area contributed by atoms with Crippen LogP contribution in [0.1, 0.15) is 44.8 Å². The van der Waals surface area contributed by atoms with Gasteiger partial charge in [-0.3, -0.25) is 4.79 Å². The fourth-order valence-corrected chi connectivity index (χ4v) is 5.10. The molecule has 0 bridgehead atoms. The zero-order chi connectivity index (χ0) is 21.9. The van der Waals surface area contributed by atoms with Crippen LogP contribution in [0, 0.1) is 18.3 Å². The summed E-state index contributed by atoms with van der Waals surface area (Å²) in [6, 6.07) is 9.32. The summed E-state index contributed by atoms with van der Waals surface area (Å²) in [5.41, 5.74) is 3.06. The number of fused-ring (bicyclic) bond motifs is 1. The summed E-state index contributed by atoms with van der Waals surface area (Å²) in [5, 5.41) is 18.9. The number of nitriles is 1. The summed E-state index contributed by atoms with van der Waals surface area (Å²) >= 11 is 25.1. The highest BCUT2D eigenvalue weighted by Gasteiger charge is 2.35. The van der Waals surface area contributed by atoms with Crippen LogP contribution in [0.15, 0.2) is 24.3 Å². The van der Waals surface area contributed by atoms with Gasteiger partial charge in [0.2, 0.25) is 3.79 Å². The van der Waals surface area contributed by atoms with Gasteiger partial charge in [-0.2, -0.15) is 5.26 Å². The van der Waals surface area contributed by atoms with Gasteiger partial charge in [0.15, 0.2) is 5.11 Å². The first-order chi connectivity index (χ1) is 14.2. The molecule has 1 atom stereocenters. The second kappa shape index (κ2) is 9.71. The highest BCUT2D eigenvalue weighted by molar-refractivity contribution is 7.80. The Balaban J connectivity index is 1.73. The number of alkyl halides is 3. The Morgan fingerprint density at radius 3 is 2.67 bits per heavy atom. The molecule has 158 valence electrons. The normalized spacial score (nSPS) is 14.2. The molecule has 1 aromatic heterocycles.